The van der Waals surface area contributed by atoms with Crippen LogP contribution in [-0.4, -0.2) is 67.8 Å². The molecule has 6 heteroatoms. The second kappa shape index (κ2) is 6.40. The molecule has 1 amide bonds. The summed E-state index contributed by atoms with van der Waals surface area (Å²) in [5.41, 5.74) is 1.09. The van der Waals surface area contributed by atoms with E-state index in [4.69, 9.17) is 13.9 Å². The summed E-state index contributed by atoms with van der Waals surface area (Å²) in [7, 11) is 3.48. The smallest absolute Gasteiger partial charge is 0.248 e. The van der Waals surface area contributed by atoms with Crippen LogP contribution in [-0.2, 0) is 20.8 Å². The summed E-state index contributed by atoms with van der Waals surface area (Å²) in [5, 5.41) is 0. The van der Waals surface area contributed by atoms with Crippen molar-refractivity contribution in [3.63, 3.8) is 0 Å². The molecule has 2 aliphatic rings. The number of carbonyl (C=O) groups is 1. The van der Waals surface area contributed by atoms with Gasteiger partial charge in [0, 0.05) is 45.7 Å². The molecule has 1 aromatic heterocycles. The van der Waals surface area contributed by atoms with Crippen molar-refractivity contribution in [2.75, 3.05) is 40.4 Å². The Hall–Kier alpha value is -1.37. The first-order chi connectivity index (χ1) is 10.6. The predicted molar refractivity (Wildman–Crippen MR) is 80.3 cm³/mol. The van der Waals surface area contributed by atoms with Crippen molar-refractivity contribution < 1.29 is 18.7 Å². The Labute approximate surface area is 131 Å². The maximum atomic E-state index is 11.6. The summed E-state index contributed by atoms with van der Waals surface area (Å²) < 4.78 is 16.9. The molecule has 3 rings (SSSR count). The van der Waals surface area contributed by atoms with Gasteiger partial charge in [0.15, 0.2) is 0 Å². The van der Waals surface area contributed by atoms with Crippen LogP contribution in [0.4, 0.5) is 0 Å². The molecule has 0 N–H and O–H groups in total. The van der Waals surface area contributed by atoms with Gasteiger partial charge in [-0.3, -0.25) is 9.69 Å². The zero-order chi connectivity index (χ0) is 15.6. The molecule has 2 fully saturated rings. The van der Waals surface area contributed by atoms with Crippen LogP contribution in [0.3, 0.4) is 0 Å². The largest absolute Gasteiger partial charge is 0.472 e. The molecular formula is C16H24N2O4. The highest BCUT2D eigenvalue weighted by molar-refractivity contribution is 5.76. The number of hydrogen-bond donors (Lipinski definition) is 0. The quantitative estimate of drug-likeness (QED) is 0.816. The first-order valence-corrected chi connectivity index (χ1v) is 7.75. The minimum absolute atomic E-state index is 0.00560. The van der Waals surface area contributed by atoms with E-state index in [1.165, 1.54) is 5.56 Å². The molecule has 1 spiro atoms. The molecule has 2 saturated heterocycles. The van der Waals surface area contributed by atoms with Gasteiger partial charge < -0.3 is 18.8 Å². The highest BCUT2D eigenvalue weighted by Crippen LogP contribution is 2.36. The second-order valence-corrected chi connectivity index (χ2v) is 6.51. The molecule has 0 radical (unpaired) electrons. The minimum Gasteiger partial charge on any atom is -0.472 e. The topological polar surface area (TPSA) is 55.2 Å². The lowest BCUT2D eigenvalue weighted by atomic mass is 9.98. The van der Waals surface area contributed by atoms with E-state index >= 15 is 0 Å². The lowest BCUT2D eigenvalue weighted by Crippen LogP contribution is -2.33. The molecular weight excluding hydrogens is 284 g/mol. The van der Waals surface area contributed by atoms with E-state index in [0.29, 0.717) is 6.61 Å². The fraction of sp³-hybridized carbons (Fsp3) is 0.688. The SMILES string of the molecule is CN(C)C(=O)CO[C@H]1CO[C@]2(CCN(Cc3ccoc3)C2)C1. The molecule has 0 unspecified atom stereocenters. The standard InChI is InChI=1S/C16H24N2O4/c1-17(2)15(19)11-21-14-7-16(22-10-14)4-5-18(12-16)8-13-3-6-20-9-13/h3,6,9,14H,4-5,7-8,10-12H2,1-2H3/t14-,16-/m1/s1. The van der Waals surface area contributed by atoms with E-state index in [9.17, 15) is 4.79 Å². The van der Waals surface area contributed by atoms with Crippen molar-refractivity contribution >= 4 is 5.91 Å². The molecule has 122 valence electrons. The zero-order valence-corrected chi connectivity index (χ0v) is 13.3. The van der Waals surface area contributed by atoms with E-state index in [-0.39, 0.29) is 24.2 Å². The molecule has 0 aliphatic carbocycles. The second-order valence-electron chi connectivity index (χ2n) is 6.51. The number of furan rings is 1. The molecule has 0 aromatic carbocycles. The van der Waals surface area contributed by atoms with Crippen LogP contribution >= 0.6 is 0 Å². The Morgan fingerprint density at radius 2 is 2.41 bits per heavy atom. The van der Waals surface area contributed by atoms with Gasteiger partial charge in [-0.15, -0.1) is 0 Å². The number of likely N-dealkylation sites (tertiary alicyclic amines) is 1. The minimum atomic E-state index is -0.102. The van der Waals surface area contributed by atoms with E-state index in [0.717, 1.165) is 32.5 Å². The van der Waals surface area contributed by atoms with E-state index in [1.807, 2.05) is 6.07 Å². The summed E-state index contributed by atoms with van der Waals surface area (Å²) in [4.78, 5) is 15.5. The first-order valence-electron chi connectivity index (χ1n) is 7.75. The van der Waals surface area contributed by atoms with Crippen LogP contribution in [0, 0.1) is 0 Å². The lowest BCUT2D eigenvalue weighted by Gasteiger charge is -2.23. The van der Waals surface area contributed by atoms with Crippen molar-refractivity contribution in [2.24, 2.45) is 0 Å². The summed E-state index contributed by atoms with van der Waals surface area (Å²) in [5.74, 6) is -0.00560. The van der Waals surface area contributed by atoms with E-state index in [2.05, 4.69) is 4.90 Å². The van der Waals surface area contributed by atoms with Gasteiger partial charge in [-0.2, -0.15) is 0 Å². The molecule has 1 aromatic rings. The number of rotatable bonds is 5. The Kier molecular flexibility index (Phi) is 4.52. The van der Waals surface area contributed by atoms with Crippen LogP contribution in [0.25, 0.3) is 0 Å². The Balaban J connectivity index is 1.47. The van der Waals surface area contributed by atoms with Crippen LogP contribution in [0.5, 0.6) is 0 Å². The number of likely N-dealkylation sites (N-methyl/N-ethyl adjacent to an activating group) is 1. The third kappa shape index (κ3) is 3.51. The van der Waals surface area contributed by atoms with Gasteiger partial charge in [0.25, 0.3) is 0 Å². The molecule has 2 atom stereocenters. The van der Waals surface area contributed by atoms with Crippen LogP contribution < -0.4 is 0 Å². The maximum Gasteiger partial charge on any atom is 0.248 e. The Morgan fingerprint density at radius 3 is 3.14 bits per heavy atom. The van der Waals surface area contributed by atoms with Gasteiger partial charge in [0.1, 0.15) is 6.61 Å². The van der Waals surface area contributed by atoms with Gasteiger partial charge in [-0.25, -0.2) is 0 Å². The molecule has 2 aliphatic heterocycles. The predicted octanol–water partition coefficient (Wildman–Crippen LogP) is 1.12. The average molecular weight is 308 g/mol. The Bertz CT molecular complexity index is 502. The highest BCUT2D eigenvalue weighted by Gasteiger charge is 2.45. The van der Waals surface area contributed by atoms with Crippen LogP contribution in [0.2, 0.25) is 0 Å². The van der Waals surface area contributed by atoms with Crippen LogP contribution in [0.15, 0.2) is 23.0 Å². The summed E-state index contributed by atoms with van der Waals surface area (Å²) in [6.07, 6.45) is 5.41. The average Bonchev–Trinajstić information content (AvgIpc) is 3.20. The number of hydrogen-bond acceptors (Lipinski definition) is 5. The van der Waals surface area contributed by atoms with E-state index < -0.39 is 0 Å². The van der Waals surface area contributed by atoms with Crippen molar-refractivity contribution in [1.82, 2.24) is 9.80 Å². The summed E-state index contributed by atoms with van der Waals surface area (Å²) in [6.45, 7) is 3.55. The van der Waals surface area contributed by atoms with Crippen LogP contribution in [0.1, 0.15) is 18.4 Å². The normalized spacial score (nSPS) is 28.5. The molecule has 0 saturated carbocycles. The maximum absolute atomic E-state index is 11.6. The molecule has 6 nitrogen and oxygen atoms in total. The van der Waals surface area contributed by atoms with Crippen molar-refractivity contribution in [2.45, 2.75) is 31.1 Å². The molecule has 3 heterocycles. The highest BCUT2D eigenvalue weighted by atomic mass is 16.6. The Morgan fingerprint density at radius 1 is 1.55 bits per heavy atom. The van der Waals surface area contributed by atoms with Crippen molar-refractivity contribution in [1.29, 1.82) is 0 Å². The number of ether oxygens (including phenoxy) is 2. The van der Waals surface area contributed by atoms with Gasteiger partial charge in [0.2, 0.25) is 5.91 Å². The van der Waals surface area contributed by atoms with Gasteiger partial charge >= 0.3 is 0 Å². The van der Waals surface area contributed by atoms with E-state index in [1.54, 1.807) is 31.5 Å². The fourth-order valence-corrected chi connectivity index (χ4v) is 3.22. The van der Waals surface area contributed by atoms with Gasteiger partial charge in [-0.05, 0) is 12.5 Å². The third-order valence-corrected chi connectivity index (χ3v) is 4.50. The number of carbonyl (C=O) groups excluding carboxylic acids is 1. The van der Waals surface area contributed by atoms with Crippen molar-refractivity contribution in [3.8, 4) is 0 Å². The van der Waals surface area contributed by atoms with Gasteiger partial charge in [0.05, 0.1) is 30.8 Å². The summed E-state index contributed by atoms with van der Waals surface area (Å²) in [6, 6.07) is 2.00. The van der Waals surface area contributed by atoms with Crippen molar-refractivity contribution in [3.05, 3.63) is 24.2 Å². The zero-order valence-electron chi connectivity index (χ0n) is 13.3. The monoisotopic (exact) mass is 308 g/mol. The first kappa shape index (κ1) is 15.5. The third-order valence-electron chi connectivity index (χ3n) is 4.50. The molecule has 0 bridgehead atoms. The van der Waals surface area contributed by atoms with Gasteiger partial charge in [-0.1, -0.05) is 0 Å². The molecule has 22 heavy (non-hydrogen) atoms. The summed E-state index contributed by atoms with van der Waals surface area (Å²) >= 11 is 0. The number of nitrogens with zero attached hydrogens (tertiary/aromatic N) is 2. The fourth-order valence-electron chi connectivity index (χ4n) is 3.22. The number of amides is 1. The lowest BCUT2D eigenvalue weighted by molar-refractivity contribution is -0.135.